The van der Waals surface area contributed by atoms with Gasteiger partial charge in [-0.3, -0.25) is 4.79 Å². The molecule has 1 aliphatic heterocycles. The standard InChI is InChI=1S/C13H18N2O2/c1-2-12-9-17-8-7-15(12)13(16)10-3-5-11(14)6-4-10/h3-6,12H,2,7-9,14H2,1H3. The van der Waals surface area contributed by atoms with Crippen molar-refractivity contribution in [2.24, 2.45) is 0 Å². The predicted molar refractivity (Wildman–Crippen MR) is 66.8 cm³/mol. The van der Waals surface area contributed by atoms with E-state index >= 15 is 0 Å². The summed E-state index contributed by atoms with van der Waals surface area (Å²) >= 11 is 0. The molecule has 92 valence electrons. The first-order valence-corrected chi connectivity index (χ1v) is 5.96. The maximum atomic E-state index is 12.3. The van der Waals surface area contributed by atoms with Crippen molar-refractivity contribution in [2.45, 2.75) is 19.4 Å². The SMILES string of the molecule is CCC1COCCN1C(=O)c1ccc(N)cc1. The molecule has 1 aromatic carbocycles. The lowest BCUT2D eigenvalue weighted by molar-refractivity contribution is -0.00279. The Morgan fingerprint density at radius 3 is 2.82 bits per heavy atom. The van der Waals surface area contributed by atoms with Crippen molar-refractivity contribution < 1.29 is 9.53 Å². The molecule has 0 bridgehead atoms. The van der Waals surface area contributed by atoms with Gasteiger partial charge >= 0.3 is 0 Å². The van der Waals surface area contributed by atoms with Crippen molar-refractivity contribution in [1.82, 2.24) is 4.90 Å². The van der Waals surface area contributed by atoms with Gasteiger partial charge in [0.15, 0.2) is 0 Å². The van der Waals surface area contributed by atoms with E-state index in [1.54, 1.807) is 24.3 Å². The Balaban J connectivity index is 2.15. The zero-order valence-electron chi connectivity index (χ0n) is 10.1. The molecule has 4 nitrogen and oxygen atoms in total. The van der Waals surface area contributed by atoms with Gasteiger partial charge in [-0.2, -0.15) is 0 Å². The first kappa shape index (κ1) is 11.9. The third-order valence-corrected chi connectivity index (χ3v) is 3.12. The van der Waals surface area contributed by atoms with E-state index in [-0.39, 0.29) is 11.9 Å². The molecule has 1 saturated heterocycles. The normalized spacial score (nSPS) is 20.3. The molecule has 1 aliphatic rings. The molecule has 0 aromatic heterocycles. The molecule has 1 fully saturated rings. The van der Waals surface area contributed by atoms with Crippen LogP contribution in [-0.4, -0.2) is 36.6 Å². The number of ether oxygens (including phenoxy) is 1. The van der Waals surface area contributed by atoms with Gasteiger partial charge in [-0.05, 0) is 30.7 Å². The molecule has 1 aromatic rings. The number of carbonyl (C=O) groups excluding carboxylic acids is 1. The van der Waals surface area contributed by atoms with Gasteiger partial charge in [0, 0.05) is 17.8 Å². The van der Waals surface area contributed by atoms with Crippen LogP contribution in [0, 0.1) is 0 Å². The third kappa shape index (κ3) is 2.58. The van der Waals surface area contributed by atoms with E-state index in [0.717, 1.165) is 6.42 Å². The number of morpholine rings is 1. The topological polar surface area (TPSA) is 55.6 Å². The van der Waals surface area contributed by atoms with Crippen molar-refractivity contribution >= 4 is 11.6 Å². The molecule has 1 amide bonds. The lowest BCUT2D eigenvalue weighted by Crippen LogP contribution is -2.48. The van der Waals surface area contributed by atoms with E-state index in [1.165, 1.54) is 0 Å². The second-order valence-corrected chi connectivity index (χ2v) is 4.26. The van der Waals surface area contributed by atoms with Crippen LogP contribution in [0.25, 0.3) is 0 Å². The minimum absolute atomic E-state index is 0.0696. The number of carbonyl (C=O) groups is 1. The molecule has 17 heavy (non-hydrogen) atoms. The van der Waals surface area contributed by atoms with Gasteiger partial charge in [-0.15, -0.1) is 0 Å². The molecular formula is C13H18N2O2. The highest BCUT2D eigenvalue weighted by molar-refractivity contribution is 5.94. The number of nitrogens with zero attached hydrogens (tertiary/aromatic N) is 1. The van der Waals surface area contributed by atoms with Gasteiger partial charge in [-0.1, -0.05) is 6.92 Å². The van der Waals surface area contributed by atoms with Gasteiger partial charge < -0.3 is 15.4 Å². The number of rotatable bonds is 2. The first-order chi connectivity index (χ1) is 8.22. The van der Waals surface area contributed by atoms with Crippen molar-refractivity contribution in [2.75, 3.05) is 25.5 Å². The van der Waals surface area contributed by atoms with Crippen LogP contribution in [0.4, 0.5) is 5.69 Å². The van der Waals surface area contributed by atoms with Crippen molar-refractivity contribution in [1.29, 1.82) is 0 Å². The van der Waals surface area contributed by atoms with Gasteiger partial charge in [0.25, 0.3) is 5.91 Å². The monoisotopic (exact) mass is 234 g/mol. The van der Waals surface area contributed by atoms with Gasteiger partial charge in [0.1, 0.15) is 0 Å². The fourth-order valence-electron chi connectivity index (χ4n) is 2.05. The minimum atomic E-state index is 0.0696. The molecule has 1 heterocycles. The summed E-state index contributed by atoms with van der Waals surface area (Å²) in [7, 11) is 0. The number of hydrogen-bond acceptors (Lipinski definition) is 3. The van der Waals surface area contributed by atoms with Crippen molar-refractivity contribution in [3.05, 3.63) is 29.8 Å². The van der Waals surface area contributed by atoms with Crippen LogP contribution in [0.5, 0.6) is 0 Å². The number of benzene rings is 1. The summed E-state index contributed by atoms with van der Waals surface area (Å²) in [6, 6.07) is 7.26. The molecule has 0 spiro atoms. The zero-order chi connectivity index (χ0) is 12.3. The summed E-state index contributed by atoms with van der Waals surface area (Å²) in [5, 5.41) is 0. The molecule has 0 saturated carbocycles. The number of nitrogens with two attached hydrogens (primary N) is 1. The average molecular weight is 234 g/mol. The molecule has 1 unspecified atom stereocenters. The number of amides is 1. The zero-order valence-corrected chi connectivity index (χ0v) is 10.1. The molecule has 4 heteroatoms. The van der Waals surface area contributed by atoms with Crippen LogP contribution in [0.15, 0.2) is 24.3 Å². The highest BCUT2D eigenvalue weighted by Gasteiger charge is 2.26. The Morgan fingerprint density at radius 2 is 2.18 bits per heavy atom. The minimum Gasteiger partial charge on any atom is -0.399 e. The van der Waals surface area contributed by atoms with Crippen LogP contribution in [-0.2, 0) is 4.74 Å². The number of nitrogen functional groups attached to an aromatic ring is 1. The third-order valence-electron chi connectivity index (χ3n) is 3.12. The molecule has 0 radical (unpaired) electrons. The maximum Gasteiger partial charge on any atom is 0.254 e. The Hall–Kier alpha value is -1.55. The molecule has 1 atom stereocenters. The largest absolute Gasteiger partial charge is 0.399 e. The summed E-state index contributed by atoms with van der Waals surface area (Å²) in [6.07, 6.45) is 0.917. The Bertz CT molecular complexity index is 389. The van der Waals surface area contributed by atoms with E-state index in [2.05, 4.69) is 6.92 Å². The van der Waals surface area contributed by atoms with Crippen molar-refractivity contribution in [3.8, 4) is 0 Å². The van der Waals surface area contributed by atoms with E-state index in [1.807, 2.05) is 4.90 Å². The molecule has 0 aliphatic carbocycles. The molecular weight excluding hydrogens is 216 g/mol. The fraction of sp³-hybridized carbons (Fsp3) is 0.462. The fourth-order valence-corrected chi connectivity index (χ4v) is 2.05. The number of hydrogen-bond donors (Lipinski definition) is 1. The lowest BCUT2D eigenvalue weighted by atomic mass is 10.1. The van der Waals surface area contributed by atoms with E-state index < -0.39 is 0 Å². The highest BCUT2D eigenvalue weighted by atomic mass is 16.5. The van der Waals surface area contributed by atoms with E-state index in [0.29, 0.717) is 31.0 Å². The van der Waals surface area contributed by atoms with Crippen LogP contribution < -0.4 is 5.73 Å². The Kier molecular flexibility index (Phi) is 3.64. The van der Waals surface area contributed by atoms with Crippen molar-refractivity contribution in [3.63, 3.8) is 0 Å². The van der Waals surface area contributed by atoms with Crippen LogP contribution in [0.1, 0.15) is 23.7 Å². The Morgan fingerprint density at radius 1 is 1.47 bits per heavy atom. The number of anilines is 1. The quantitative estimate of drug-likeness (QED) is 0.789. The lowest BCUT2D eigenvalue weighted by Gasteiger charge is -2.35. The summed E-state index contributed by atoms with van der Waals surface area (Å²) in [4.78, 5) is 14.2. The van der Waals surface area contributed by atoms with E-state index in [9.17, 15) is 4.79 Å². The summed E-state index contributed by atoms with van der Waals surface area (Å²) in [5.41, 5.74) is 6.98. The predicted octanol–water partition coefficient (Wildman–Crippen LogP) is 1.52. The maximum absolute atomic E-state index is 12.3. The molecule has 2 rings (SSSR count). The second-order valence-electron chi connectivity index (χ2n) is 4.26. The van der Waals surface area contributed by atoms with Gasteiger partial charge in [0.05, 0.1) is 19.3 Å². The van der Waals surface area contributed by atoms with Crippen LogP contribution >= 0.6 is 0 Å². The summed E-state index contributed by atoms with van der Waals surface area (Å²) in [5.74, 6) is 0.0696. The summed E-state index contributed by atoms with van der Waals surface area (Å²) in [6.45, 7) is 4.00. The highest BCUT2D eigenvalue weighted by Crippen LogP contribution is 2.15. The Labute approximate surface area is 101 Å². The van der Waals surface area contributed by atoms with Crippen LogP contribution in [0.3, 0.4) is 0 Å². The average Bonchev–Trinajstić information content (AvgIpc) is 2.39. The van der Waals surface area contributed by atoms with Crippen LogP contribution in [0.2, 0.25) is 0 Å². The second kappa shape index (κ2) is 5.19. The molecule has 2 N–H and O–H groups in total. The van der Waals surface area contributed by atoms with Gasteiger partial charge in [-0.25, -0.2) is 0 Å². The van der Waals surface area contributed by atoms with Gasteiger partial charge in [0.2, 0.25) is 0 Å². The first-order valence-electron chi connectivity index (χ1n) is 5.96. The van der Waals surface area contributed by atoms with E-state index in [4.69, 9.17) is 10.5 Å². The summed E-state index contributed by atoms with van der Waals surface area (Å²) < 4.78 is 5.39. The smallest absolute Gasteiger partial charge is 0.254 e.